The third-order valence-electron chi connectivity index (χ3n) is 4.29. The van der Waals surface area contributed by atoms with Crippen LogP contribution in [0.2, 0.25) is 0 Å². The first kappa shape index (κ1) is 18.3. The second kappa shape index (κ2) is 7.82. The summed E-state index contributed by atoms with van der Waals surface area (Å²) < 4.78 is 4.71. The predicted molar refractivity (Wildman–Crippen MR) is 97.0 cm³/mol. The Morgan fingerprint density at radius 2 is 1.63 bits per heavy atom. The van der Waals surface area contributed by atoms with Crippen molar-refractivity contribution in [3.05, 3.63) is 65.2 Å². The number of carbonyl (C=O) groups excluding carboxylic acids is 4. The molecule has 1 N–H and O–H groups in total. The smallest absolute Gasteiger partial charge is 0.339 e. The Kier molecular flexibility index (Phi) is 5.30. The van der Waals surface area contributed by atoms with Crippen molar-refractivity contribution < 1.29 is 23.9 Å². The normalized spacial score (nSPS) is 13.6. The lowest BCUT2D eigenvalue weighted by Gasteiger charge is -2.14. The molecule has 1 saturated heterocycles. The summed E-state index contributed by atoms with van der Waals surface area (Å²) in [4.78, 5) is 48.8. The molecule has 0 radical (unpaired) electrons. The fourth-order valence-corrected chi connectivity index (χ4v) is 2.82. The summed E-state index contributed by atoms with van der Waals surface area (Å²) in [5.41, 5.74) is 1.75. The molecule has 0 bridgehead atoms. The first-order valence-corrected chi connectivity index (χ1v) is 8.40. The summed E-state index contributed by atoms with van der Waals surface area (Å²) in [5, 5.41) is 2.69. The molecule has 2 aromatic rings. The van der Waals surface area contributed by atoms with Crippen LogP contribution >= 0.6 is 0 Å². The average molecular weight is 366 g/mol. The van der Waals surface area contributed by atoms with Crippen molar-refractivity contribution in [3.8, 4) is 0 Å². The summed E-state index contributed by atoms with van der Waals surface area (Å²) in [7, 11) is 1.27. The highest BCUT2D eigenvalue weighted by Gasteiger charge is 2.28. The van der Waals surface area contributed by atoms with Crippen molar-refractivity contribution >= 4 is 29.4 Å². The van der Waals surface area contributed by atoms with E-state index in [1.54, 1.807) is 48.5 Å². The molecule has 0 saturated carbocycles. The fraction of sp³-hybridized carbons (Fsp3) is 0.200. The Labute approximate surface area is 155 Å². The Morgan fingerprint density at radius 1 is 1.00 bits per heavy atom. The van der Waals surface area contributed by atoms with Gasteiger partial charge in [0.25, 0.3) is 5.91 Å². The van der Waals surface area contributed by atoms with E-state index in [0.717, 1.165) is 5.56 Å². The maximum atomic E-state index is 12.5. The summed E-state index contributed by atoms with van der Waals surface area (Å²) in [6, 6.07) is 13.2. The summed E-state index contributed by atoms with van der Waals surface area (Å²) >= 11 is 0. The minimum Gasteiger partial charge on any atom is -0.465 e. The first-order valence-electron chi connectivity index (χ1n) is 8.40. The van der Waals surface area contributed by atoms with Gasteiger partial charge in [-0.25, -0.2) is 4.79 Å². The second-order valence-corrected chi connectivity index (χ2v) is 6.06. The number of nitrogens with one attached hydrogen (secondary N) is 1. The molecule has 27 heavy (non-hydrogen) atoms. The molecule has 138 valence electrons. The van der Waals surface area contributed by atoms with Crippen LogP contribution in [0.1, 0.15) is 39.1 Å². The van der Waals surface area contributed by atoms with E-state index in [-0.39, 0.29) is 42.7 Å². The monoisotopic (exact) mass is 366 g/mol. The number of rotatable bonds is 5. The zero-order valence-electron chi connectivity index (χ0n) is 14.7. The number of likely N-dealkylation sites (tertiary alicyclic amines) is 1. The summed E-state index contributed by atoms with van der Waals surface area (Å²) in [6.07, 6.45) is 0.498. The maximum absolute atomic E-state index is 12.5. The van der Waals surface area contributed by atoms with Crippen molar-refractivity contribution in [2.45, 2.75) is 19.4 Å². The van der Waals surface area contributed by atoms with Gasteiger partial charge in [0.2, 0.25) is 11.8 Å². The fourth-order valence-electron chi connectivity index (χ4n) is 2.82. The van der Waals surface area contributed by atoms with Crippen LogP contribution < -0.4 is 5.32 Å². The SMILES string of the molecule is COC(=O)c1ccccc1NC(=O)c1ccc(CN2C(=O)CCC2=O)cc1. The van der Waals surface area contributed by atoms with E-state index >= 15 is 0 Å². The molecule has 0 aliphatic carbocycles. The van der Waals surface area contributed by atoms with Crippen molar-refractivity contribution in [1.29, 1.82) is 0 Å². The van der Waals surface area contributed by atoms with Gasteiger partial charge in [-0.1, -0.05) is 24.3 Å². The topological polar surface area (TPSA) is 92.8 Å². The number of esters is 1. The van der Waals surface area contributed by atoms with Crippen molar-refractivity contribution in [2.24, 2.45) is 0 Å². The van der Waals surface area contributed by atoms with E-state index in [1.807, 2.05) is 0 Å². The highest BCUT2D eigenvalue weighted by molar-refractivity contribution is 6.08. The van der Waals surface area contributed by atoms with E-state index in [4.69, 9.17) is 4.74 Å². The van der Waals surface area contributed by atoms with E-state index in [9.17, 15) is 19.2 Å². The molecule has 1 fully saturated rings. The number of anilines is 1. The third-order valence-corrected chi connectivity index (χ3v) is 4.29. The van der Waals surface area contributed by atoms with Crippen LogP contribution in [-0.2, 0) is 20.9 Å². The maximum Gasteiger partial charge on any atom is 0.339 e. The molecule has 7 heteroatoms. The minimum atomic E-state index is -0.541. The Hall–Kier alpha value is -3.48. The first-order chi connectivity index (χ1) is 13.0. The van der Waals surface area contributed by atoms with Crippen LogP contribution in [0, 0.1) is 0 Å². The number of ether oxygens (including phenoxy) is 1. The van der Waals surface area contributed by atoms with Gasteiger partial charge in [0, 0.05) is 18.4 Å². The van der Waals surface area contributed by atoms with E-state index in [2.05, 4.69) is 5.32 Å². The lowest BCUT2D eigenvalue weighted by atomic mass is 10.1. The van der Waals surface area contributed by atoms with Crippen LogP contribution in [0.5, 0.6) is 0 Å². The minimum absolute atomic E-state index is 0.179. The van der Waals surface area contributed by atoms with Crippen molar-refractivity contribution in [2.75, 3.05) is 12.4 Å². The van der Waals surface area contributed by atoms with Gasteiger partial charge in [0.1, 0.15) is 0 Å². The number of nitrogens with zero attached hydrogens (tertiary/aromatic N) is 1. The highest BCUT2D eigenvalue weighted by atomic mass is 16.5. The lowest BCUT2D eigenvalue weighted by Crippen LogP contribution is -2.28. The molecule has 0 atom stereocenters. The molecule has 2 aromatic carbocycles. The molecule has 0 spiro atoms. The average Bonchev–Trinajstić information content (AvgIpc) is 3.00. The van der Waals surface area contributed by atoms with Crippen molar-refractivity contribution in [1.82, 2.24) is 4.90 Å². The molecule has 1 heterocycles. The van der Waals surface area contributed by atoms with Gasteiger partial charge in [0.05, 0.1) is 24.9 Å². The quantitative estimate of drug-likeness (QED) is 0.648. The number of imide groups is 1. The standard InChI is InChI=1S/C20H18N2O5/c1-27-20(26)15-4-2-3-5-16(15)21-19(25)14-8-6-13(7-9-14)12-22-17(23)10-11-18(22)24/h2-9H,10-12H2,1H3,(H,21,25). The molecule has 3 rings (SSSR count). The van der Waals surface area contributed by atoms with E-state index in [0.29, 0.717) is 11.3 Å². The van der Waals surface area contributed by atoms with Gasteiger partial charge in [-0.3, -0.25) is 19.3 Å². The summed E-state index contributed by atoms with van der Waals surface area (Å²) in [5.74, 6) is -1.28. The molecule has 1 aliphatic heterocycles. The Bertz CT molecular complexity index is 889. The molecule has 0 aromatic heterocycles. The lowest BCUT2D eigenvalue weighted by molar-refractivity contribution is -0.139. The van der Waals surface area contributed by atoms with Crippen molar-refractivity contribution in [3.63, 3.8) is 0 Å². The number of hydrogen-bond acceptors (Lipinski definition) is 5. The van der Waals surface area contributed by atoms with Gasteiger partial charge in [-0.05, 0) is 29.8 Å². The molecule has 7 nitrogen and oxygen atoms in total. The molecule has 1 aliphatic rings. The van der Waals surface area contributed by atoms with E-state index in [1.165, 1.54) is 12.0 Å². The Morgan fingerprint density at radius 3 is 2.26 bits per heavy atom. The number of benzene rings is 2. The molecular weight excluding hydrogens is 348 g/mol. The van der Waals surface area contributed by atoms with Gasteiger partial charge >= 0.3 is 5.97 Å². The molecule has 0 unspecified atom stereocenters. The van der Waals surface area contributed by atoms with Crippen LogP contribution in [0.3, 0.4) is 0 Å². The zero-order chi connectivity index (χ0) is 19.4. The van der Waals surface area contributed by atoms with E-state index < -0.39 is 5.97 Å². The highest BCUT2D eigenvalue weighted by Crippen LogP contribution is 2.19. The van der Waals surface area contributed by atoms with Crippen LogP contribution in [0.15, 0.2) is 48.5 Å². The second-order valence-electron chi connectivity index (χ2n) is 6.06. The number of carbonyl (C=O) groups is 4. The number of amides is 3. The van der Waals surface area contributed by atoms with Gasteiger partial charge in [-0.2, -0.15) is 0 Å². The largest absolute Gasteiger partial charge is 0.465 e. The molecule has 3 amide bonds. The van der Waals surface area contributed by atoms with Crippen LogP contribution in [0.4, 0.5) is 5.69 Å². The number of para-hydroxylation sites is 1. The predicted octanol–water partition coefficient (Wildman–Crippen LogP) is 2.37. The van der Waals surface area contributed by atoms with Crippen LogP contribution in [-0.4, -0.2) is 35.7 Å². The van der Waals surface area contributed by atoms with Gasteiger partial charge < -0.3 is 10.1 Å². The van der Waals surface area contributed by atoms with Gasteiger partial charge in [0.15, 0.2) is 0 Å². The van der Waals surface area contributed by atoms with Gasteiger partial charge in [-0.15, -0.1) is 0 Å². The number of hydrogen-bond donors (Lipinski definition) is 1. The molecular formula is C20H18N2O5. The summed E-state index contributed by atoms with van der Waals surface area (Å²) in [6.45, 7) is 0.199. The van der Waals surface area contributed by atoms with Crippen LogP contribution in [0.25, 0.3) is 0 Å². The third kappa shape index (κ3) is 4.03. The number of methoxy groups -OCH3 is 1. The zero-order valence-corrected chi connectivity index (χ0v) is 14.7. The Balaban J connectivity index is 1.71.